The Morgan fingerprint density at radius 1 is 1.06 bits per heavy atom. The number of nitrogens with zero attached hydrogens (tertiary/aromatic N) is 4. The molecular formula is C12H29N4PSi. The van der Waals surface area contributed by atoms with Crippen molar-refractivity contribution in [3.05, 3.63) is 5.53 Å². The minimum atomic E-state index is -1.62. The lowest BCUT2D eigenvalue weighted by atomic mass is 10.3. The van der Waals surface area contributed by atoms with Gasteiger partial charge in [-0.3, -0.25) is 9.34 Å². The van der Waals surface area contributed by atoms with E-state index in [-0.39, 0.29) is 0 Å². The van der Waals surface area contributed by atoms with Gasteiger partial charge in [-0.25, -0.2) is 0 Å². The zero-order chi connectivity index (χ0) is 14.7. The van der Waals surface area contributed by atoms with Gasteiger partial charge in [-0.05, 0) is 41.8 Å². The van der Waals surface area contributed by atoms with Crippen LogP contribution in [0, 0.1) is 0 Å². The van der Waals surface area contributed by atoms with Crippen molar-refractivity contribution in [1.29, 1.82) is 0 Å². The lowest BCUT2D eigenvalue weighted by molar-refractivity contribution is 0.00233. The molecule has 0 fully saturated rings. The van der Waals surface area contributed by atoms with Gasteiger partial charge in [0.15, 0.2) is 16.3 Å². The summed E-state index contributed by atoms with van der Waals surface area (Å²) < 4.78 is 4.67. The molecule has 1 unspecified atom stereocenters. The van der Waals surface area contributed by atoms with E-state index in [1.54, 1.807) is 0 Å². The van der Waals surface area contributed by atoms with Gasteiger partial charge in [0.2, 0.25) is 0 Å². The topological polar surface area (TPSA) is 42.9 Å². The van der Waals surface area contributed by atoms with Crippen LogP contribution in [0.2, 0.25) is 19.6 Å². The van der Waals surface area contributed by atoms with Gasteiger partial charge in [0, 0.05) is 12.1 Å². The predicted octanol–water partition coefficient (Wildman–Crippen LogP) is 3.48. The average Bonchev–Trinajstić information content (AvgIpc) is 2.13. The number of hydrogen-bond donors (Lipinski definition) is 0. The van der Waals surface area contributed by atoms with E-state index in [1.807, 2.05) is 0 Å². The standard InChI is InChI=1S/C12H29N4PSi/c1-10(2)16(11(3)4)17(15(5)6)12(14-13)18(7,8)9/h10-11H,1-9H3. The molecule has 0 aromatic rings. The number of rotatable bonds is 6. The van der Waals surface area contributed by atoms with Gasteiger partial charge in [-0.1, -0.05) is 19.6 Å². The SMILES string of the molecule is CC(C)N(C(C)C)P(C(=[N+]=[N-])[Si](C)(C)C)N(C)C. The van der Waals surface area contributed by atoms with Gasteiger partial charge >= 0.3 is 0 Å². The van der Waals surface area contributed by atoms with Crippen LogP contribution >= 0.6 is 8.22 Å². The molecule has 106 valence electrons. The van der Waals surface area contributed by atoms with Crippen molar-refractivity contribution < 1.29 is 4.79 Å². The second kappa shape index (κ2) is 6.92. The Balaban J connectivity index is 5.63. The van der Waals surface area contributed by atoms with Crippen molar-refractivity contribution in [2.75, 3.05) is 14.1 Å². The van der Waals surface area contributed by atoms with Gasteiger partial charge in [0.1, 0.15) is 0 Å². The third kappa shape index (κ3) is 4.56. The number of hydrogen-bond acceptors (Lipinski definition) is 2. The van der Waals surface area contributed by atoms with E-state index in [2.05, 4.69) is 75.6 Å². The summed E-state index contributed by atoms with van der Waals surface area (Å²) in [4.78, 5) is 3.69. The maximum atomic E-state index is 9.48. The fourth-order valence-electron chi connectivity index (χ4n) is 2.03. The third-order valence-electron chi connectivity index (χ3n) is 2.61. The van der Waals surface area contributed by atoms with Crippen molar-refractivity contribution in [3.63, 3.8) is 0 Å². The first-order chi connectivity index (χ1) is 8.03. The molecule has 4 nitrogen and oxygen atoms in total. The molecule has 0 saturated heterocycles. The lowest BCUT2D eigenvalue weighted by Gasteiger charge is -2.40. The van der Waals surface area contributed by atoms with Gasteiger partial charge < -0.3 is 5.53 Å². The van der Waals surface area contributed by atoms with Crippen LogP contribution in [0.1, 0.15) is 27.7 Å². The van der Waals surface area contributed by atoms with E-state index < -0.39 is 16.3 Å². The highest BCUT2D eigenvalue weighted by molar-refractivity contribution is 7.78. The highest BCUT2D eigenvalue weighted by Crippen LogP contribution is 2.48. The molecule has 0 amide bonds. The van der Waals surface area contributed by atoms with Crippen LogP contribution in [0.4, 0.5) is 0 Å². The summed E-state index contributed by atoms with van der Waals surface area (Å²) in [5, 5.41) is 1.00. The van der Waals surface area contributed by atoms with E-state index in [0.717, 1.165) is 5.08 Å². The Labute approximate surface area is 115 Å². The average molecular weight is 288 g/mol. The smallest absolute Gasteiger partial charge is 0.284 e. The Morgan fingerprint density at radius 2 is 1.44 bits per heavy atom. The van der Waals surface area contributed by atoms with E-state index in [4.69, 9.17) is 0 Å². The summed E-state index contributed by atoms with van der Waals surface area (Å²) >= 11 is 0. The second-order valence-corrected chi connectivity index (χ2v) is 14.0. The summed E-state index contributed by atoms with van der Waals surface area (Å²) in [6.07, 6.45) is 0. The second-order valence-electron chi connectivity index (χ2n) is 6.38. The Bertz CT molecular complexity index is 309. The maximum absolute atomic E-state index is 9.48. The van der Waals surface area contributed by atoms with Gasteiger partial charge in [0.05, 0.1) is 0 Å². The highest BCUT2D eigenvalue weighted by Gasteiger charge is 2.43. The van der Waals surface area contributed by atoms with Gasteiger partial charge in [-0.2, -0.15) is 4.79 Å². The summed E-state index contributed by atoms with van der Waals surface area (Å²) in [7, 11) is 1.85. The van der Waals surface area contributed by atoms with Crippen LogP contribution in [0.5, 0.6) is 0 Å². The van der Waals surface area contributed by atoms with Crippen molar-refractivity contribution in [3.8, 4) is 0 Å². The highest BCUT2D eigenvalue weighted by atomic mass is 31.1. The molecular weight excluding hydrogens is 259 g/mol. The molecule has 0 rings (SSSR count). The first-order valence-electron chi connectivity index (χ1n) is 6.52. The van der Waals surface area contributed by atoms with E-state index in [9.17, 15) is 5.53 Å². The Hall–Kier alpha value is -0.0531. The summed E-state index contributed by atoms with van der Waals surface area (Å²) in [5.41, 5.74) is 9.48. The molecule has 0 aliphatic carbocycles. The molecule has 0 spiro atoms. The predicted molar refractivity (Wildman–Crippen MR) is 84.7 cm³/mol. The van der Waals surface area contributed by atoms with E-state index in [0.29, 0.717) is 12.1 Å². The molecule has 6 heteroatoms. The first kappa shape index (κ1) is 17.9. The normalized spacial score (nSPS) is 14.5. The zero-order valence-corrected chi connectivity index (χ0v) is 15.3. The molecule has 0 saturated carbocycles. The minimum absolute atomic E-state index is 0.437. The summed E-state index contributed by atoms with van der Waals surface area (Å²) in [6, 6.07) is 0.873. The van der Waals surface area contributed by atoms with Crippen molar-refractivity contribution >= 4 is 21.4 Å². The molecule has 0 bridgehead atoms. The van der Waals surface area contributed by atoms with Crippen LogP contribution in [0.15, 0.2) is 0 Å². The Morgan fingerprint density at radius 3 is 1.61 bits per heavy atom. The maximum Gasteiger partial charge on any atom is 0.284 e. The van der Waals surface area contributed by atoms with Crippen LogP contribution in [-0.2, 0) is 0 Å². The lowest BCUT2D eigenvalue weighted by Crippen LogP contribution is -2.44. The summed E-state index contributed by atoms with van der Waals surface area (Å²) in [5.74, 6) is 0. The molecule has 0 aromatic carbocycles. The van der Waals surface area contributed by atoms with Gasteiger partial charge in [0.25, 0.3) is 5.08 Å². The van der Waals surface area contributed by atoms with Gasteiger partial charge in [-0.15, -0.1) is 0 Å². The molecule has 18 heavy (non-hydrogen) atoms. The first-order valence-corrected chi connectivity index (χ1v) is 11.3. The van der Waals surface area contributed by atoms with Crippen molar-refractivity contribution in [1.82, 2.24) is 9.34 Å². The molecule has 0 aromatic heterocycles. The quantitative estimate of drug-likeness (QED) is 0.247. The van der Waals surface area contributed by atoms with Crippen LogP contribution < -0.4 is 0 Å². The van der Waals surface area contributed by atoms with Crippen molar-refractivity contribution in [2.45, 2.75) is 59.4 Å². The van der Waals surface area contributed by atoms with Crippen LogP contribution in [-0.4, -0.2) is 53.5 Å². The zero-order valence-electron chi connectivity index (χ0n) is 13.4. The Kier molecular flexibility index (Phi) is 6.90. The molecule has 0 radical (unpaired) electrons. The third-order valence-corrected chi connectivity index (χ3v) is 9.25. The van der Waals surface area contributed by atoms with Crippen LogP contribution in [0.3, 0.4) is 0 Å². The van der Waals surface area contributed by atoms with Crippen LogP contribution in [0.25, 0.3) is 5.53 Å². The molecule has 0 aliphatic rings. The van der Waals surface area contributed by atoms with E-state index in [1.165, 1.54) is 0 Å². The summed E-state index contributed by atoms with van der Waals surface area (Å²) in [6.45, 7) is 15.5. The molecule has 0 heterocycles. The monoisotopic (exact) mass is 288 g/mol. The molecule has 1 atom stereocenters. The molecule has 0 N–H and O–H groups in total. The van der Waals surface area contributed by atoms with E-state index >= 15 is 0 Å². The largest absolute Gasteiger partial charge is 0.362 e. The van der Waals surface area contributed by atoms with Crippen molar-refractivity contribution in [2.24, 2.45) is 0 Å². The fourth-order valence-corrected chi connectivity index (χ4v) is 7.64. The molecule has 0 aliphatic heterocycles. The fraction of sp³-hybridized carbons (Fsp3) is 0.917. The minimum Gasteiger partial charge on any atom is -0.362 e.